The molecule has 0 bridgehead atoms. The van der Waals surface area contributed by atoms with E-state index in [9.17, 15) is 19.2 Å². The number of aliphatic carboxylic acids is 1. The van der Waals surface area contributed by atoms with E-state index < -0.39 is 54.8 Å². The van der Waals surface area contributed by atoms with Crippen LogP contribution in [0.5, 0.6) is 0 Å². The van der Waals surface area contributed by atoms with Crippen LogP contribution in [0.15, 0.2) is 91.0 Å². The number of esters is 3. The molecule has 15 heteroatoms. The zero-order valence-corrected chi connectivity index (χ0v) is 37.0. The van der Waals surface area contributed by atoms with Crippen molar-refractivity contribution in [3.8, 4) is 0 Å². The summed E-state index contributed by atoms with van der Waals surface area (Å²) in [4.78, 5) is 51.4. The van der Waals surface area contributed by atoms with Gasteiger partial charge in [-0.3, -0.25) is 26.1 Å². The molecule has 13 nitrogen and oxygen atoms in total. The summed E-state index contributed by atoms with van der Waals surface area (Å²) in [5, 5.41) is 34.5. The molecular weight excluding hydrogens is 870 g/mol. The summed E-state index contributed by atoms with van der Waals surface area (Å²) < 4.78 is 46.2. The van der Waals surface area contributed by atoms with E-state index in [1.165, 1.54) is 50.0 Å². The number of rotatable bonds is 12. The molecule has 0 spiro atoms. The zero-order chi connectivity index (χ0) is 46.6. The molecule has 3 aromatic carbocycles. The van der Waals surface area contributed by atoms with Crippen molar-refractivity contribution in [1.82, 2.24) is 0 Å². The standard InChI is InChI=1S/2C11H14O3.C9H9O2.C4H8O3.C4H8O.C2H4O.2CH4.BrH.Zn/c2*1-9(12)7-11(13)14-8-10-5-3-2-4-6-10;1-8(10)11-7-9-5-3-2-4-6-9;1-3(5)2-4(6)7;1-2-4-5-3-1;1-2-3;;;;/h2*2-6,9,12H,7-8H2,1H3;2-6H,1,7H2;3,5H,2H2,1H3,(H,6,7);1-4H2;2H,1H3;2*1H4;1H;/q;;-1;;;;;;;+2/p-1/t9-;;;3-;;;;;;/m1..1....../s1/i2*9D;;3D;;2D;;;;. The number of carboxylic acids is 1. The van der Waals surface area contributed by atoms with Gasteiger partial charge in [0, 0.05) is 13.2 Å². The molecule has 4 N–H and O–H groups in total. The fourth-order valence-electron chi connectivity index (χ4n) is 3.46. The van der Waals surface area contributed by atoms with Gasteiger partial charge >= 0.3 is 47.9 Å². The monoisotopic (exact) mass is 936 g/mol. The van der Waals surface area contributed by atoms with Crippen LogP contribution in [0.4, 0.5) is 0 Å². The molecule has 1 unspecified atom stereocenters. The Kier molecular flexibility index (Phi) is 42.6. The van der Waals surface area contributed by atoms with Gasteiger partial charge in [-0.15, -0.1) is 0 Å². The molecule has 0 aromatic heterocycles. The number of aliphatic hydroxyl groups is 3. The minimum atomic E-state index is -1.83. The topological polar surface area (TPSA) is 203 Å². The van der Waals surface area contributed by atoms with E-state index in [4.69, 9.17) is 44.9 Å². The first-order valence-electron chi connectivity index (χ1n) is 19.0. The SMILES string of the molecule is C.C.C1CCOC1.[2H]C(C)(O)CC(=O)OCc1ccccc1.[2H]C(C)=O.[2H][C@](C)(O)CC(=O)O.[2H][C@](C)(O)CC(=O)OCc1ccccc1.[CH2-]C(=O)OCc1ccccc1.[Zn+][Br]. The van der Waals surface area contributed by atoms with Crippen LogP contribution in [0.25, 0.3) is 0 Å². The molecule has 1 heterocycles. The number of ether oxygens (including phenoxy) is 4. The molecule has 3 atom stereocenters. The van der Waals surface area contributed by atoms with Gasteiger partial charge in [-0.1, -0.05) is 106 Å². The van der Waals surface area contributed by atoms with Crippen molar-refractivity contribution in [2.45, 2.75) is 113 Å². The summed E-state index contributed by atoms with van der Waals surface area (Å²) in [6.45, 7) is 10.6. The average Bonchev–Trinajstić information content (AvgIpc) is 3.74. The summed E-state index contributed by atoms with van der Waals surface area (Å²) >= 11 is 4.25. The Morgan fingerprint density at radius 2 is 0.983 bits per heavy atom. The fraction of sp³-hybridized carbons (Fsp3) is 0.442. The molecule has 1 aliphatic heterocycles. The van der Waals surface area contributed by atoms with E-state index in [0.29, 0.717) is 6.61 Å². The molecule has 1 fully saturated rings. The molecule has 58 heavy (non-hydrogen) atoms. The van der Waals surface area contributed by atoms with E-state index in [1.807, 2.05) is 91.0 Å². The van der Waals surface area contributed by atoms with E-state index in [1.54, 1.807) is 0 Å². The predicted octanol–water partition coefficient (Wildman–Crippen LogP) is 7.52. The first-order chi connectivity index (χ1) is 27.9. The Bertz CT molecular complexity index is 1490. The van der Waals surface area contributed by atoms with Crippen molar-refractivity contribution < 1.29 is 85.2 Å². The summed E-state index contributed by atoms with van der Waals surface area (Å²) in [6.07, 6.45) is -4.54. The van der Waals surface area contributed by atoms with Crippen LogP contribution in [0.2, 0.25) is 0 Å². The average molecular weight is 939 g/mol. The zero-order valence-electron chi connectivity index (χ0n) is 36.5. The summed E-state index contributed by atoms with van der Waals surface area (Å²) in [6, 6.07) is 28.0. The second-order valence-corrected chi connectivity index (χ2v) is 11.1. The maximum absolute atomic E-state index is 11.1. The van der Waals surface area contributed by atoms with E-state index in [2.05, 4.69) is 25.3 Å². The summed E-state index contributed by atoms with van der Waals surface area (Å²) in [7, 11) is 0. The van der Waals surface area contributed by atoms with Gasteiger partial charge in [-0.2, -0.15) is 0 Å². The summed E-state index contributed by atoms with van der Waals surface area (Å²) in [5.41, 5.74) is 2.75. The van der Waals surface area contributed by atoms with Crippen LogP contribution in [0, 0.1) is 6.92 Å². The van der Waals surface area contributed by atoms with Gasteiger partial charge in [0.25, 0.3) is 0 Å². The van der Waals surface area contributed by atoms with Gasteiger partial charge in [0.2, 0.25) is 0 Å². The van der Waals surface area contributed by atoms with E-state index >= 15 is 0 Å². The third-order valence-corrected chi connectivity index (χ3v) is 5.76. The van der Waals surface area contributed by atoms with Crippen LogP contribution < -0.4 is 0 Å². The van der Waals surface area contributed by atoms with Crippen molar-refractivity contribution in [3.05, 3.63) is 115 Å². The van der Waals surface area contributed by atoms with Gasteiger partial charge in [0.15, 0.2) is 5.97 Å². The van der Waals surface area contributed by atoms with Crippen LogP contribution in [0.1, 0.15) is 96.8 Å². The summed E-state index contributed by atoms with van der Waals surface area (Å²) in [5.74, 6) is -2.79. The Morgan fingerprint density at radius 1 is 0.707 bits per heavy atom. The third kappa shape index (κ3) is 50.0. The second kappa shape index (κ2) is 45.7. The minimum absolute atomic E-state index is 0. The van der Waals surface area contributed by atoms with Gasteiger partial charge in [0.1, 0.15) is 27.5 Å². The maximum atomic E-state index is 11.1. The quantitative estimate of drug-likeness (QED) is 0.0457. The molecule has 0 saturated carbocycles. The van der Waals surface area contributed by atoms with Crippen LogP contribution in [-0.4, -0.2) is 82.0 Å². The van der Waals surface area contributed by atoms with E-state index in [0.717, 1.165) is 36.8 Å². The number of carboxylic acid groups (broad SMARTS) is 1. The molecule has 3 aromatic rings. The predicted molar refractivity (Wildman–Crippen MR) is 225 cm³/mol. The number of hydrogen-bond donors (Lipinski definition) is 4. The van der Waals surface area contributed by atoms with Gasteiger partial charge in [-0.05, 0) is 57.2 Å². The number of aldehydes is 1. The molecule has 0 aliphatic carbocycles. The molecule has 4 rings (SSSR count). The van der Waals surface area contributed by atoms with Crippen LogP contribution in [-0.2, 0) is 79.1 Å². The number of carbonyl (C=O) groups is 5. The van der Waals surface area contributed by atoms with Crippen molar-refractivity contribution in [2.24, 2.45) is 0 Å². The van der Waals surface area contributed by atoms with Crippen molar-refractivity contribution in [1.29, 1.82) is 0 Å². The number of hydrogen-bond acceptors (Lipinski definition) is 12. The Morgan fingerprint density at radius 3 is 1.17 bits per heavy atom. The van der Waals surface area contributed by atoms with Crippen molar-refractivity contribution in [2.75, 3.05) is 13.2 Å². The third-order valence-electron chi connectivity index (χ3n) is 5.76. The number of halogens is 1. The van der Waals surface area contributed by atoms with Crippen molar-refractivity contribution >= 4 is 43.8 Å². The number of carbonyl (C=O) groups excluding carboxylic acids is 4. The molecule has 0 radical (unpaired) electrons. The van der Waals surface area contributed by atoms with Gasteiger partial charge in [-0.25, -0.2) is 0 Å². The molecule has 1 saturated heterocycles. The van der Waals surface area contributed by atoms with Crippen LogP contribution in [0.3, 0.4) is 0 Å². The molecule has 324 valence electrons. The van der Waals surface area contributed by atoms with E-state index in [-0.39, 0.29) is 40.9 Å². The fourth-order valence-corrected chi connectivity index (χ4v) is 3.46. The van der Waals surface area contributed by atoms with Gasteiger partial charge < -0.3 is 44.2 Å². The first-order valence-corrected chi connectivity index (χ1v) is 24.0. The second-order valence-electron chi connectivity index (χ2n) is 11.1. The molecular formula is C43H65BrO13Zn. The van der Waals surface area contributed by atoms with Crippen LogP contribution >= 0.6 is 13.6 Å². The molecule has 1 aliphatic rings. The first kappa shape index (κ1) is 54.0. The van der Waals surface area contributed by atoms with Gasteiger partial charge in [0.05, 0.1) is 41.6 Å². The number of benzene rings is 3. The van der Waals surface area contributed by atoms with Crippen molar-refractivity contribution in [3.63, 3.8) is 0 Å². The Balaban J connectivity index is -0.000000217. The Labute approximate surface area is 368 Å². The normalized spacial score (nSPS) is 14.2. The Hall–Kier alpha value is -3.98. The molecule has 0 amide bonds.